The van der Waals surface area contributed by atoms with E-state index < -0.39 is 10.3 Å². The van der Waals surface area contributed by atoms with Crippen molar-refractivity contribution in [3.63, 3.8) is 0 Å². The number of fused-ring (bicyclic) bond motifs is 1. The zero-order valence-electron chi connectivity index (χ0n) is 22.0. The highest BCUT2D eigenvalue weighted by molar-refractivity contribution is 8.29. The molecule has 1 aromatic rings. The quantitative estimate of drug-likeness (QED) is 0.500. The molecule has 186 valence electrons. The predicted molar refractivity (Wildman–Crippen MR) is 140 cm³/mol. The number of hydrogen-bond donors (Lipinski definition) is 0. The second-order valence-corrected chi connectivity index (χ2v) is 14.4. The van der Waals surface area contributed by atoms with E-state index in [4.69, 9.17) is 13.7 Å². The Balaban J connectivity index is 0.00000176. The average molecular weight is 468 g/mol. The Morgan fingerprint density at radius 2 is 1.69 bits per heavy atom. The highest BCUT2D eigenvalue weighted by atomic mass is 32.3. The van der Waals surface area contributed by atoms with Crippen LogP contribution in [0.5, 0.6) is 0 Å². The van der Waals surface area contributed by atoms with Crippen LogP contribution in [0.15, 0.2) is 24.3 Å². The van der Waals surface area contributed by atoms with Crippen LogP contribution < -0.4 is 0 Å². The third-order valence-corrected chi connectivity index (χ3v) is 10.5. The molecule has 1 atom stereocenters. The van der Waals surface area contributed by atoms with Gasteiger partial charge in [-0.25, -0.2) is 0 Å². The van der Waals surface area contributed by atoms with Crippen molar-refractivity contribution in [1.82, 2.24) is 4.90 Å². The van der Waals surface area contributed by atoms with E-state index in [1.54, 1.807) is 0 Å². The van der Waals surface area contributed by atoms with Gasteiger partial charge in [0.15, 0.2) is 5.79 Å². The molecule has 3 rings (SSSR count). The van der Waals surface area contributed by atoms with Gasteiger partial charge in [0, 0.05) is 37.2 Å². The second-order valence-electron chi connectivity index (χ2n) is 10.5. The van der Waals surface area contributed by atoms with Crippen LogP contribution in [0.4, 0.5) is 0 Å². The lowest BCUT2D eigenvalue weighted by Crippen LogP contribution is -2.39. The summed E-state index contributed by atoms with van der Waals surface area (Å²) in [7, 11) is -1.08. The maximum absolute atomic E-state index is 6.47. The Morgan fingerprint density at radius 1 is 1.06 bits per heavy atom. The van der Waals surface area contributed by atoms with Gasteiger partial charge in [0.1, 0.15) is 0 Å². The fourth-order valence-corrected chi connectivity index (χ4v) is 5.10. The van der Waals surface area contributed by atoms with Crippen molar-refractivity contribution in [1.29, 1.82) is 0 Å². The summed E-state index contributed by atoms with van der Waals surface area (Å²) in [6.45, 7) is 18.5. The van der Waals surface area contributed by atoms with Crippen LogP contribution in [0.1, 0.15) is 71.9 Å². The average Bonchev–Trinajstić information content (AvgIpc) is 3.21. The normalized spacial score (nSPS) is 21.4. The van der Waals surface area contributed by atoms with Gasteiger partial charge in [-0.3, -0.25) is 4.90 Å². The monoisotopic (exact) mass is 467 g/mol. The van der Waals surface area contributed by atoms with Crippen LogP contribution >= 0.6 is 10.3 Å². The van der Waals surface area contributed by atoms with Gasteiger partial charge in [-0.05, 0) is 42.4 Å². The van der Waals surface area contributed by atoms with Crippen LogP contribution in [0.3, 0.4) is 0 Å². The van der Waals surface area contributed by atoms with Crippen molar-refractivity contribution in [2.45, 2.75) is 84.3 Å². The maximum Gasteiger partial charge on any atom is 0.169 e. The lowest BCUT2D eigenvalue weighted by molar-refractivity contribution is -0.170. The summed E-state index contributed by atoms with van der Waals surface area (Å²) in [5.41, 5.74) is 2.94. The molecule has 0 aromatic heterocycles. The molecule has 1 spiro atoms. The Labute approximate surface area is 199 Å². The van der Waals surface area contributed by atoms with Crippen molar-refractivity contribution >= 4 is 10.3 Å². The summed E-state index contributed by atoms with van der Waals surface area (Å²) in [5.74, 6) is 0.110. The summed E-state index contributed by atoms with van der Waals surface area (Å²) in [6, 6.07) is 8.94. The van der Waals surface area contributed by atoms with E-state index in [1.165, 1.54) is 11.1 Å². The van der Waals surface area contributed by atoms with Gasteiger partial charge in [0.2, 0.25) is 0 Å². The molecule has 0 saturated carbocycles. The van der Waals surface area contributed by atoms with Gasteiger partial charge < -0.3 is 13.7 Å². The highest BCUT2D eigenvalue weighted by Crippen LogP contribution is 2.53. The van der Waals surface area contributed by atoms with Crippen molar-refractivity contribution < 1.29 is 13.7 Å². The number of hydrogen-bond acceptors (Lipinski definition) is 4. The van der Waals surface area contributed by atoms with Gasteiger partial charge in [-0.2, -0.15) is 0 Å². The molecule has 2 aliphatic rings. The van der Waals surface area contributed by atoms with Gasteiger partial charge in [0.05, 0.1) is 19.8 Å². The van der Waals surface area contributed by atoms with Crippen molar-refractivity contribution in [2.75, 3.05) is 45.4 Å². The first-order chi connectivity index (χ1) is 15.1. The van der Waals surface area contributed by atoms with Crippen molar-refractivity contribution in [2.24, 2.45) is 5.92 Å². The number of benzene rings is 1. The van der Waals surface area contributed by atoms with E-state index in [0.717, 1.165) is 65.1 Å². The third-order valence-electron chi connectivity index (χ3n) is 6.83. The second kappa shape index (κ2) is 12.2. The lowest BCUT2D eigenvalue weighted by atomic mass is 9.96. The molecule has 0 N–H and O–H groups in total. The standard InChI is InChI=1S/C25H43NO3S.C2H6/c1-21(20-29-30(5,6)24(2,3)4)18-26-15-14-25(27-16-17-28-25)13-9-12-22-10-7-8-11-23(22)19-26;1-2/h7-8,10-11,21H,9,12-20H2,1-6H3;1-2H3/t21-;/m1./s1. The number of rotatable bonds is 5. The van der Waals surface area contributed by atoms with E-state index >= 15 is 0 Å². The van der Waals surface area contributed by atoms with E-state index in [2.05, 4.69) is 69.4 Å². The Kier molecular flexibility index (Phi) is 10.6. The SMILES string of the molecule is CC.C[C@@H](COS(C)(C)C(C)(C)C)CN1CCC2(CCCc3ccccc3C1)OCCO2. The molecule has 1 fully saturated rings. The zero-order valence-corrected chi connectivity index (χ0v) is 22.9. The zero-order chi connectivity index (χ0) is 23.8. The van der Waals surface area contributed by atoms with Crippen molar-refractivity contribution in [3.05, 3.63) is 35.4 Å². The molecular formula is C27H49NO3S. The van der Waals surface area contributed by atoms with Gasteiger partial charge in [-0.1, -0.05) is 65.8 Å². The largest absolute Gasteiger partial charge is 0.347 e. The third kappa shape index (κ3) is 7.73. The Morgan fingerprint density at radius 3 is 2.31 bits per heavy atom. The predicted octanol–water partition coefficient (Wildman–Crippen LogP) is 6.41. The number of ether oxygens (including phenoxy) is 2. The first kappa shape index (κ1) is 27.7. The van der Waals surface area contributed by atoms with Gasteiger partial charge in [-0.15, -0.1) is 10.3 Å². The van der Waals surface area contributed by atoms with Gasteiger partial charge in [0.25, 0.3) is 0 Å². The molecule has 0 radical (unpaired) electrons. The number of nitrogens with zero attached hydrogens (tertiary/aromatic N) is 1. The lowest BCUT2D eigenvalue weighted by Gasteiger charge is -2.44. The fourth-order valence-electron chi connectivity index (χ4n) is 4.18. The molecule has 1 aromatic carbocycles. The summed E-state index contributed by atoms with van der Waals surface area (Å²) in [6.07, 6.45) is 8.72. The minimum atomic E-state index is -1.08. The molecule has 2 heterocycles. The van der Waals surface area contributed by atoms with E-state index in [9.17, 15) is 0 Å². The minimum absolute atomic E-state index is 0.200. The molecule has 0 bridgehead atoms. The molecule has 0 unspecified atom stereocenters. The summed E-state index contributed by atoms with van der Waals surface area (Å²) in [4.78, 5) is 2.59. The van der Waals surface area contributed by atoms with E-state index in [1.807, 2.05) is 13.8 Å². The molecule has 5 heteroatoms. The summed E-state index contributed by atoms with van der Waals surface area (Å²) in [5, 5.41) is 0. The van der Waals surface area contributed by atoms with Gasteiger partial charge >= 0.3 is 0 Å². The summed E-state index contributed by atoms with van der Waals surface area (Å²) < 4.78 is 18.9. The number of aryl methyl sites for hydroxylation is 1. The molecule has 32 heavy (non-hydrogen) atoms. The Hall–Kier alpha value is -0.590. The summed E-state index contributed by atoms with van der Waals surface area (Å²) >= 11 is 0. The van der Waals surface area contributed by atoms with Crippen LogP contribution in [-0.4, -0.2) is 60.9 Å². The van der Waals surface area contributed by atoms with Crippen LogP contribution in [0.25, 0.3) is 0 Å². The van der Waals surface area contributed by atoms with E-state index in [-0.39, 0.29) is 10.5 Å². The van der Waals surface area contributed by atoms with Crippen LogP contribution in [-0.2, 0) is 26.6 Å². The van der Waals surface area contributed by atoms with Crippen molar-refractivity contribution in [3.8, 4) is 0 Å². The minimum Gasteiger partial charge on any atom is -0.347 e. The van der Waals surface area contributed by atoms with Crippen LogP contribution in [0.2, 0.25) is 0 Å². The fraction of sp³-hybridized carbons (Fsp3) is 0.778. The molecule has 0 aliphatic carbocycles. The first-order valence-corrected chi connectivity index (χ1v) is 14.9. The molecular weight excluding hydrogens is 418 g/mol. The first-order valence-electron chi connectivity index (χ1n) is 12.5. The maximum atomic E-state index is 6.47. The highest BCUT2D eigenvalue weighted by Gasteiger charge is 2.37. The molecule has 2 aliphatic heterocycles. The topological polar surface area (TPSA) is 30.9 Å². The smallest absolute Gasteiger partial charge is 0.169 e. The Bertz CT molecular complexity index is 680. The molecule has 1 saturated heterocycles. The molecule has 0 amide bonds. The van der Waals surface area contributed by atoms with E-state index in [0.29, 0.717) is 5.92 Å². The van der Waals surface area contributed by atoms with Crippen LogP contribution in [0, 0.1) is 5.92 Å². The molecule has 4 nitrogen and oxygen atoms in total.